The molecule has 0 radical (unpaired) electrons. The first-order valence-electron chi connectivity index (χ1n) is 19.4. The van der Waals surface area contributed by atoms with Crippen LogP contribution in [-0.4, -0.2) is 58.5 Å². The van der Waals surface area contributed by atoms with Crippen molar-refractivity contribution in [3.63, 3.8) is 0 Å². The third-order valence-corrected chi connectivity index (χ3v) is 15.1. The number of benzene rings is 1. The van der Waals surface area contributed by atoms with Crippen LogP contribution in [0.25, 0.3) is 6.08 Å². The normalized spacial score (nSPS) is 42.6. The lowest BCUT2D eigenvalue weighted by Crippen LogP contribution is -2.62. The maximum Gasteiger partial charge on any atom is 0.312 e. The number of rotatable bonds is 9. The van der Waals surface area contributed by atoms with Crippen LogP contribution in [-0.2, 0) is 24.0 Å². The van der Waals surface area contributed by atoms with E-state index >= 15 is 0 Å². The first-order chi connectivity index (χ1) is 24.4. The van der Waals surface area contributed by atoms with E-state index in [-0.39, 0.29) is 48.3 Å². The monoisotopic (exact) mass is 698 g/mol. The van der Waals surface area contributed by atoms with Gasteiger partial charge in [0.05, 0.1) is 17.2 Å². The number of ether oxygens (including phenoxy) is 1. The first-order valence-corrected chi connectivity index (χ1v) is 19.4. The van der Waals surface area contributed by atoms with Gasteiger partial charge in [0.1, 0.15) is 5.60 Å². The summed E-state index contributed by atoms with van der Waals surface area (Å²) in [4.78, 5) is 45.4. The summed E-state index contributed by atoms with van der Waals surface area (Å²) in [6.45, 7) is 7.41. The summed E-state index contributed by atoms with van der Waals surface area (Å²) in [5, 5.41) is 31.3. The number of carbonyl (C=O) groups is 3. The molecule has 0 unspecified atom stereocenters. The number of nitrogens with zero attached hydrogens (tertiary/aromatic N) is 1. The highest BCUT2D eigenvalue weighted by Gasteiger charge is 2.68. The van der Waals surface area contributed by atoms with E-state index in [1.54, 1.807) is 6.08 Å². The summed E-state index contributed by atoms with van der Waals surface area (Å²) in [6, 6.07) is 7.38. The lowest BCUT2D eigenvalue weighted by Gasteiger charge is -2.60. The van der Waals surface area contributed by atoms with Crippen molar-refractivity contribution < 1.29 is 34.2 Å². The minimum atomic E-state index is -1.63. The standard InChI is InChI=1S/C42H54N2O7/c1-4-25-5-8-30(9-6-25)43-36(47)24-51-44-31-11-13-39(2)29(18-31)7-10-32-33-12-14-42(49,40(33,3)22-34(45)37(32)39)35(46)23-50-38(48)41-19-26-15-27(20-41)17-28(16-26)21-41/h4-6,8-9,18,26-28,32-34,37,45,49H,1,7,10-17,19-24H2,2-3H3,(H,43,47)/b44-31-/t26?,27?,28?,32-,33-,34-,37+,39-,40-,41?,42-/m0/s1. The van der Waals surface area contributed by atoms with Crippen LogP contribution in [0.15, 0.2) is 47.6 Å². The van der Waals surface area contributed by atoms with Crippen LogP contribution >= 0.6 is 0 Å². The molecule has 8 aliphatic carbocycles. The fraction of sp³-hybridized carbons (Fsp3) is 0.667. The summed E-state index contributed by atoms with van der Waals surface area (Å²) >= 11 is 0. The number of aliphatic hydroxyl groups is 2. The molecular weight excluding hydrogens is 644 g/mol. The number of hydrogen-bond donors (Lipinski definition) is 3. The summed E-state index contributed by atoms with van der Waals surface area (Å²) in [5.74, 6) is 1.13. The number of aliphatic hydroxyl groups excluding tert-OH is 1. The van der Waals surface area contributed by atoms with Gasteiger partial charge in [0.15, 0.2) is 13.2 Å². The highest BCUT2D eigenvalue weighted by atomic mass is 16.6. The minimum Gasteiger partial charge on any atom is -0.457 e. The van der Waals surface area contributed by atoms with E-state index in [1.807, 2.05) is 31.2 Å². The van der Waals surface area contributed by atoms with Crippen molar-refractivity contribution >= 4 is 35.1 Å². The van der Waals surface area contributed by atoms with Crippen LogP contribution in [0.1, 0.15) is 103 Å². The molecule has 4 bridgehead atoms. The van der Waals surface area contributed by atoms with Crippen LogP contribution < -0.4 is 5.32 Å². The second-order valence-electron chi connectivity index (χ2n) is 17.9. The molecule has 7 saturated carbocycles. The van der Waals surface area contributed by atoms with Crippen LogP contribution in [0.3, 0.4) is 0 Å². The Labute approximate surface area is 301 Å². The molecule has 8 aliphatic rings. The zero-order chi connectivity index (χ0) is 35.8. The molecule has 0 saturated heterocycles. The van der Waals surface area contributed by atoms with Crippen molar-refractivity contribution in [1.29, 1.82) is 0 Å². The molecule has 51 heavy (non-hydrogen) atoms. The van der Waals surface area contributed by atoms with E-state index < -0.39 is 28.3 Å². The average molecular weight is 699 g/mol. The largest absolute Gasteiger partial charge is 0.457 e. The van der Waals surface area contributed by atoms with E-state index in [4.69, 9.17) is 9.57 Å². The Morgan fingerprint density at radius 3 is 2.31 bits per heavy atom. The zero-order valence-corrected chi connectivity index (χ0v) is 30.2. The molecular formula is C42H54N2O7. The van der Waals surface area contributed by atoms with Crippen LogP contribution in [0.5, 0.6) is 0 Å². The number of fused-ring (bicyclic) bond motifs is 5. The molecule has 1 aromatic rings. The number of anilines is 1. The number of Topliss-reactive ketones (excluding diaryl/α,β-unsaturated/α-hetero) is 1. The van der Waals surface area contributed by atoms with Gasteiger partial charge in [0.25, 0.3) is 5.91 Å². The van der Waals surface area contributed by atoms with Gasteiger partial charge >= 0.3 is 5.97 Å². The van der Waals surface area contributed by atoms with Crippen LogP contribution in [0.2, 0.25) is 0 Å². The second kappa shape index (κ2) is 12.7. The summed E-state index contributed by atoms with van der Waals surface area (Å²) in [6.07, 6.45) is 14.0. The van der Waals surface area contributed by atoms with Gasteiger partial charge < -0.3 is 25.1 Å². The predicted octanol–water partition coefficient (Wildman–Crippen LogP) is 6.63. The van der Waals surface area contributed by atoms with Crippen molar-refractivity contribution in [2.45, 2.75) is 109 Å². The summed E-state index contributed by atoms with van der Waals surface area (Å²) in [7, 11) is 0. The molecule has 1 aromatic carbocycles. The number of esters is 1. The molecule has 3 N–H and O–H groups in total. The number of allylic oxidation sites excluding steroid dienone is 2. The number of amides is 1. The van der Waals surface area contributed by atoms with E-state index in [0.29, 0.717) is 49.1 Å². The molecule has 0 heterocycles. The topological polar surface area (TPSA) is 135 Å². The van der Waals surface area contributed by atoms with Crippen LogP contribution in [0.4, 0.5) is 5.69 Å². The molecule has 274 valence electrons. The van der Waals surface area contributed by atoms with E-state index in [0.717, 1.165) is 49.8 Å². The molecule has 7 fully saturated rings. The summed E-state index contributed by atoms with van der Waals surface area (Å²) in [5.41, 5.74) is 0.578. The smallest absolute Gasteiger partial charge is 0.312 e. The Bertz CT molecular complexity index is 1630. The number of hydrogen-bond acceptors (Lipinski definition) is 8. The van der Waals surface area contributed by atoms with Gasteiger partial charge in [-0.3, -0.25) is 14.4 Å². The van der Waals surface area contributed by atoms with E-state index in [2.05, 4.69) is 30.1 Å². The number of nitrogens with one attached hydrogen (secondary N) is 1. The third-order valence-electron chi connectivity index (χ3n) is 15.1. The van der Waals surface area contributed by atoms with Crippen molar-refractivity contribution in [3.8, 4) is 0 Å². The third kappa shape index (κ3) is 5.72. The first kappa shape index (κ1) is 34.8. The van der Waals surface area contributed by atoms with Crippen molar-refractivity contribution in [2.24, 2.45) is 56.9 Å². The lowest BCUT2D eigenvalue weighted by molar-refractivity contribution is -0.188. The van der Waals surface area contributed by atoms with Gasteiger partial charge in [0.2, 0.25) is 5.78 Å². The molecule has 0 aromatic heterocycles. The number of ketones is 1. The SMILES string of the molecule is C=Cc1ccc(NC(=O)CO/N=C2\C=C3CC[C@@H]4[C@H]([C@@H](O)C[C@@]5(C)[C@H]4CC[C@]5(O)C(=O)COC(=O)C45CC6CC(CC(C6)C4)C5)[C@@]3(C)CC2)cc1. The van der Waals surface area contributed by atoms with E-state index in [9.17, 15) is 24.6 Å². The second-order valence-corrected chi connectivity index (χ2v) is 17.9. The highest BCUT2D eigenvalue weighted by Crippen LogP contribution is 2.68. The fourth-order valence-electron chi connectivity index (χ4n) is 13.1. The van der Waals surface area contributed by atoms with Crippen molar-refractivity contribution in [3.05, 3.63) is 48.1 Å². The zero-order valence-electron chi connectivity index (χ0n) is 30.2. The number of carbonyl (C=O) groups excluding carboxylic acids is 3. The van der Waals surface area contributed by atoms with Crippen molar-refractivity contribution in [1.82, 2.24) is 0 Å². The van der Waals surface area contributed by atoms with Gasteiger partial charge in [-0.25, -0.2) is 0 Å². The van der Waals surface area contributed by atoms with Crippen LogP contribution in [0, 0.1) is 51.8 Å². The maximum atomic E-state index is 13.9. The molecule has 0 spiro atoms. The Kier molecular flexibility index (Phi) is 8.64. The average Bonchev–Trinajstić information content (AvgIpc) is 3.37. The molecule has 7 atom stereocenters. The lowest BCUT2D eigenvalue weighted by atomic mass is 9.45. The fourth-order valence-corrected chi connectivity index (χ4v) is 13.1. The van der Waals surface area contributed by atoms with Gasteiger partial charge in [-0.1, -0.05) is 49.4 Å². The molecule has 9 nitrogen and oxygen atoms in total. The Morgan fingerprint density at radius 2 is 1.65 bits per heavy atom. The highest BCUT2D eigenvalue weighted by molar-refractivity contribution is 5.97. The van der Waals surface area contributed by atoms with E-state index in [1.165, 1.54) is 24.8 Å². The Morgan fingerprint density at radius 1 is 0.961 bits per heavy atom. The Hall–Kier alpha value is -3.30. The van der Waals surface area contributed by atoms with Gasteiger partial charge in [0, 0.05) is 11.1 Å². The van der Waals surface area contributed by atoms with Crippen molar-refractivity contribution in [2.75, 3.05) is 18.5 Å². The minimum absolute atomic E-state index is 0.00247. The summed E-state index contributed by atoms with van der Waals surface area (Å²) < 4.78 is 5.83. The number of oxime groups is 1. The predicted molar refractivity (Wildman–Crippen MR) is 193 cm³/mol. The molecule has 9 rings (SSSR count). The van der Waals surface area contributed by atoms with Gasteiger partial charge in [-0.05, 0) is 148 Å². The maximum absolute atomic E-state index is 13.9. The quantitative estimate of drug-likeness (QED) is 0.195. The van der Waals surface area contributed by atoms with Gasteiger partial charge in [-0.2, -0.15) is 0 Å². The molecule has 9 heteroatoms. The molecule has 0 aliphatic heterocycles. The van der Waals surface area contributed by atoms with Gasteiger partial charge in [-0.15, -0.1) is 0 Å². The molecule has 1 amide bonds. The Balaban J connectivity index is 0.904.